The molecule has 0 unspecified atom stereocenters. The lowest BCUT2D eigenvalue weighted by Gasteiger charge is -2.32. The minimum absolute atomic E-state index is 0.625. The Hall–Kier alpha value is -1.21. The number of nitriles is 1. The van der Waals surface area contributed by atoms with Crippen LogP contribution >= 0.6 is 11.3 Å². The Morgan fingerprint density at radius 1 is 1.56 bits per heavy atom. The van der Waals surface area contributed by atoms with Crippen molar-refractivity contribution >= 4 is 22.0 Å². The van der Waals surface area contributed by atoms with E-state index in [-0.39, 0.29) is 0 Å². The van der Waals surface area contributed by atoms with Gasteiger partial charge >= 0.3 is 0 Å². The molecule has 1 fully saturated rings. The number of nitrogen functional groups attached to an aromatic ring is 1. The van der Waals surface area contributed by atoms with Crippen molar-refractivity contribution in [1.29, 1.82) is 5.26 Å². The Morgan fingerprint density at radius 3 is 2.75 bits per heavy atom. The lowest BCUT2D eigenvalue weighted by atomic mass is 9.95. The molecule has 0 aromatic carbocycles. The third-order valence-corrected chi connectivity index (χ3v) is 4.47. The van der Waals surface area contributed by atoms with Crippen molar-refractivity contribution < 1.29 is 0 Å². The van der Waals surface area contributed by atoms with Crippen LogP contribution in [0, 0.1) is 17.2 Å². The van der Waals surface area contributed by atoms with E-state index < -0.39 is 0 Å². The van der Waals surface area contributed by atoms with Crippen molar-refractivity contribution in [3.05, 3.63) is 10.9 Å². The molecule has 0 radical (unpaired) electrons. The Labute approximate surface area is 100 Å². The zero-order valence-electron chi connectivity index (χ0n) is 9.57. The molecule has 0 spiro atoms. The summed E-state index contributed by atoms with van der Waals surface area (Å²) < 4.78 is 0. The van der Waals surface area contributed by atoms with Crippen molar-refractivity contribution in [3.63, 3.8) is 0 Å². The van der Waals surface area contributed by atoms with E-state index in [0.29, 0.717) is 10.6 Å². The summed E-state index contributed by atoms with van der Waals surface area (Å²) in [5.74, 6) is 0.879. The van der Waals surface area contributed by atoms with Crippen LogP contribution in [-0.4, -0.2) is 13.1 Å². The third kappa shape index (κ3) is 2.14. The average molecular weight is 235 g/mol. The van der Waals surface area contributed by atoms with Gasteiger partial charge in [-0.15, -0.1) is 11.3 Å². The van der Waals surface area contributed by atoms with E-state index in [1.54, 1.807) is 0 Å². The van der Waals surface area contributed by atoms with Crippen LogP contribution in [0.3, 0.4) is 0 Å². The predicted octanol–water partition coefficient (Wildman–Crippen LogP) is 2.83. The first-order valence-electron chi connectivity index (χ1n) is 5.79. The molecule has 1 aliphatic rings. The number of piperidine rings is 1. The van der Waals surface area contributed by atoms with E-state index in [1.807, 2.05) is 6.07 Å². The van der Waals surface area contributed by atoms with Crippen LogP contribution in [0.25, 0.3) is 0 Å². The second-order valence-corrected chi connectivity index (χ2v) is 5.35. The fraction of sp³-hybridized carbons (Fsp3) is 0.583. The fourth-order valence-corrected chi connectivity index (χ4v) is 3.13. The van der Waals surface area contributed by atoms with Gasteiger partial charge in [0.2, 0.25) is 0 Å². The van der Waals surface area contributed by atoms with Gasteiger partial charge in [-0.25, -0.2) is 0 Å². The van der Waals surface area contributed by atoms with Gasteiger partial charge in [-0.3, -0.25) is 0 Å². The van der Waals surface area contributed by atoms with E-state index in [1.165, 1.54) is 30.6 Å². The number of hydrogen-bond donors (Lipinski definition) is 1. The zero-order chi connectivity index (χ0) is 11.5. The van der Waals surface area contributed by atoms with Crippen LogP contribution in [0.4, 0.5) is 10.7 Å². The largest absolute Gasteiger partial charge is 0.397 e. The third-order valence-electron chi connectivity index (χ3n) is 3.35. The van der Waals surface area contributed by atoms with Gasteiger partial charge < -0.3 is 10.6 Å². The van der Waals surface area contributed by atoms with E-state index >= 15 is 0 Å². The first-order valence-corrected chi connectivity index (χ1v) is 6.60. The molecule has 0 saturated carbocycles. The summed E-state index contributed by atoms with van der Waals surface area (Å²) in [6.07, 6.45) is 3.80. The van der Waals surface area contributed by atoms with Crippen molar-refractivity contribution in [2.75, 3.05) is 23.7 Å². The molecule has 0 bridgehead atoms. The molecule has 0 amide bonds. The second kappa shape index (κ2) is 4.75. The smallest absolute Gasteiger partial charge is 0.129 e. The summed E-state index contributed by atoms with van der Waals surface area (Å²) in [7, 11) is 0. The molecule has 2 rings (SSSR count). The normalized spacial score (nSPS) is 17.4. The highest BCUT2D eigenvalue weighted by Crippen LogP contribution is 2.34. The van der Waals surface area contributed by atoms with Crippen LogP contribution in [0.15, 0.2) is 6.07 Å². The van der Waals surface area contributed by atoms with Gasteiger partial charge in [-0.05, 0) is 24.8 Å². The SMILES string of the molecule is CCC1CCN(c2cc(N)c(C#N)s2)CC1. The molecule has 1 aliphatic heterocycles. The minimum atomic E-state index is 0.625. The molecule has 2 N–H and O–H groups in total. The fourth-order valence-electron chi connectivity index (χ4n) is 2.20. The maximum atomic E-state index is 8.87. The standard InChI is InChI=1S/C12H17N3S/c1-2-9-3-5-15(6-4-9)12-7-10(14)11(8-13)16-12/h7,9H,2-6,14H2,1H3. The van der Waals surface area contributed by atoms with Gasteiger partial charge in [0.05, 0.1) is 10.7 Å². The average Bonchev–Trinajstić information content (AvgIpc) is 2.71. The highest BCUT2D eigenvalue weighted by atomic mass is 32.1. The molecule has 3 nitrogen and oxygen atoms in total. The molecule has 16 heavy (non-hydrogen) atoms. The van der Waals surface area contributed by atoms with Gasteiger partial charge in [-0.2, -0.15) is 5.26 Å². The maximum absolute atomic E-state index is 8.87. The second-order valence-electron chi connectivity index (χ2n) is 4.32. The molecular weight excluding hydrogens is 218 g/mol. The maximum Gasteiger partial charge on any atom is 0.129 e. The van der Waals surface area contributed by atoms with Gasteiger partial charge in [0.15, 0.2) is 0 Å². The van der Waals surface area contributed by atoms with Gasteiger partial charge in [0.25, 0.3) is 0 Å². The van der Waals surface area contributed by atoms with E-state index in [9.17, 15) is 0 Å². The molecule has 0 atom stereocenters. The molecule has 1 aromatic heterocycles. The van der Waals surface area contributed by atoms with Crippen molar-refractivity contribution in [2.45, 2.75) is 26.2 Å². The summed E-state index contributed by atoms with van der Waals surface area (Å²) in [5, 5.41) is 10.0. The molecule has 1 aromatic rings. The number of anilines is 2. The number of hydrogen-bond acceptors (Lipinski definition) is 4. The quantitative estimate of drug-likeness (QED) is 0.857. The lowest BCUT2D eigenvalue weighted by Crippen LogP contribution is -2.32. The van der Waals surface area contributed by atoms with Crippen LogP contribution in [-0.2, 0) is 0 Å². The summed E-state index contributed by atoms with van der Waals surface area (Å²) in [4.78, 5) is 3.00. The molecule has 4 heteroatoms. The highest BCUT2D eigenvalue weighted by Gasteiger charge is 2.20. The topological polar surface area (TPSA) is 53.0 Å². The summed E-state index contributed by atoms with van der Waals surface area (Å²) in [6, 6.07) is 4.08. The van der Waals surface area contributed by atoms with Crippen LogP contribution in [0.1, 0.15) is 31.1 Å². The lowest BCUT2D eigenvalue weighted by molar-refractivity contribution is 0.396. The Balaban J connectivity index is 2.06. The summed E-state index contributed by atoms with van der Waals surface area (Å²) >= 11 is 1.51. The Kier molecular flexibility index (Phi) is 3.35. The summed E-state index contributed by atoms with van der Waals surface area (Å²) in [6.45, 7) is 4.46. The van der Waals surface area contributed by atoms with Crippen LogP contribution < -0.4 is 10.6 Å². The number of thiophene rings is 1. The minimum Gasteiger partial charge on any atom is -0.397 e. The number of rotatable bonds is 2. The number of nitrogens with two attached hydrogens (primary N) is 1. The van der Waals surface area contributed by atoms with Gasteiger partial charge in [-0.1, -0.05) is 13.3 Å². The molecular formula is C12H17N3S. The van der Waals surface area contributed by atoms with E-state index in [4.69, 9.17) is 11.0 Å². The zero-order valence-corrected chi connectivity index (χ0v) is 10.4. The van der Waals surface area contributed by atoms with Crippen molar-refractivity contribution in [2.24, 2.45) is 5.92 Å². The van der Waals surface area contributed by atoms with Crippen LogP contribution in [0.5, 0.6) is 0 Å². The van der Waals surface area contributed by atoms with Crippen molar-refractivity contribution in [3.8, 4) is 6.07 Å². The summed E-state index contributed by atoms with van der Waals surface area (Å²) in [5.41, 5.74) is 6.40. The molecule has 86 valence electrons. The first kappa shape index (κ1) is 11.3. The molecule has 0 aliphatic carbocycles. The van der Waals surface area contributed by atoms with E-state index in [2.05, 4.69) is 17.9 Å². The van der Waals surface area contributed by atoms with Gasteiger partial charge in [0.1, 0.15) is 10.9 Å². The van der Waals surface area contributed by atoms with Crippen LogP contribution in [0.2, 0.25) is 0 Å². The Morgan fingerprint density at radius 2 is 2.25 bits per heavy atom. The molecule has 1 saturated heterocycles. The van der Waals surface area contributed by atoms with Crippen molar-refractivity contribution in [1.82, 2.24) is 0 Å². The monoisotopic (exact) mass is 235 g/mol. The molecule has 2 heterocycles. The number of nitrogens with zero attached hydrogens (tertiary/aromatic N) is 2. The van der Waals surface area contributed by atoms with E-state index in [0.717, 1.165) is 24.0 Å². The Bertz CT molecular complexity index is 397. The highest BCUT2D eigenvalue weighted by molar-refractivity contribution is 7.17. The first-order chi connectivity index (χ1) is 7.74. The van der Waals surface area contributed by atoms with Gasteiger partial charge in [0, 0.05) is 13.1 Å². The predicted molar refractivity (Wildman–Crippen MR) is 68.7 cm³/mol.